The molecule has 9 nitrogen and oxygen atoms in total. The Morgan fingerprint density at radius 3 is 1.58 bits per heavy atom. The van der Waals surface area contributed by atoms with Gasteiger partial charge in [-0.1, -0.05) is 0 Å². The maximum Gasteiger partial charge on any atom is 0.500 e. The molecule has 196 valence electrons. The molecule has 1 rings (SSSR count). The van der Waals surface area contributed by atoms with Crippen molar-refractivity contribution in [3.63, 3.8) is 0 Å². The van der Waals surface area contributed by atoms with Gasteiger partial charge in [0.2, 0.25) is 0 Å². The Hall–Kier alpha value is -0.376. The van der Waals surface area contributed by atoms with E-state index in [0.29, 0.717) is 52.1 Å². The van der Waals surface area contributed by atoms with E-state index >= 15 is 0 Å². The molecule has 1 aliphatic rings. The molecule has 1 fully saturated rings. The minimum atomic E-state index is -2.88. The van der Waals surface area contributed by atoms with Gasteiger partial charge in [-0.3, -0.25) is 9.69 Å². The van der Waals surface area contributed by atoms with Gasteiger partial charge in [-0.25, -0.2) is 0 Å². The fourth-order valence-electron chi connectivity index (χ4n) is 4.53. The van der Waals surface area contributed by atoms with Crippen molar-refractivity contribution in [3.8, 4) is 0 Å². The highest BCUT2D eigenvalue weighted by atomic mass is 28.4. The number of carbonyl (C=O) groups is 1. The highest BCUT2D eigenvalue weighted by Gasteiger charge is 2.57. The Labute approximate surface area is 202 Å². The average molecular weight is 510 g/mol. The fraction of sp³-hybridized carbons (Fsp3) is 0.955. The summed E-state index contributed by atoms with van der Waals surface area (Å²) < 4.78 is 35.6. The third kappa shape index (κ3) is 8.97. The van der Waals surface area contributed by atoms with E-state index in [4.69, 9.17) is 26.6 Å². The van der Waals surface area contributed by atoms with E-state index in [2.05, 4.69) is 4.90 Å². The third-order valence-corrected chi connectivity index (χ3v) is 12.3. The lowest BCUT2D eigenvalue weighted by Gasteiger charge is -2.30. The normalized spacial score (nSPS) is 21.8. The van der Waals surface area contributed by atoms with E-state index < -0.39 is 29.5 Å². The fourth-order valence-corrected chi connectivity index (χ4v) is 9.76. The summed E-state index contributed by atoms with van der Waals surface area (Å²) in [5.41, 5.74) is -0.385. The molecule has 0 radical (unpaired) electrons. The van der Waals surface area contributed by atoms with E-state index in [9.17, 15) is 9.90 Å². The summed E-state index contributed by atoms with van der Waals surface area (Å²) in [5, 5.41) is 10.0. The van der Waals surface area contributed by atoms with Gasteiger partial charge in [0.25, 0.3) is 0 Å². The van der Waals surface area contributed by atoms with Crippen molar-refractivity contribution in [1.29, 1.82) is 0 Å². The minimum absolute atomic E-state index is 0.385. The van der Waals surface area contributed by atoms with Crippen LogP contribution < -0.4 is 0 Å². The summed E-state index contributed by atoms with van der Waals surface area (Å²) in [4.78, 5) is 14.5. The van der Waals surface area contributed by atoms with Crippen LogP contribution in [0.1, 0.15) is 61.3 Å². The van der Waals surface area contributed by atoms with E-state index in [1.807, 2.05) is 48.5 Å². The predicted molar refractivity (Wildman–Crippen MR) is 131 cm³/mol. The molecule has 0 aromatic heterocycles. The van der Waals surface area contributed by atoms with Crippen molar-refractivity contribution < 1.29 is 36.5 Å². The first-order valence-corrected chi connectivity index (χ1v) is 16.4. The monoisotopic (exact) mass is 509 g/mol. The van der Waals surface area contributed by atoms with Crippen LogP contribution in [0.15, 0.2) is 0 Å². The lowest BCUT2D eigenvalue weighted by molar-refractivity contribution is -0.143. The Morgan fingerprint density at radius 1 is 0.818 bits per heavy atom. The quantitative estimate of drug-likeness (QED) is 0.184. The summed E-state index contributed by atoms with van der Waals surface area (Å²) in [6.45, 7) is 18.3. The van der Waals surface area contributed by atoms with Crippen LogP contribution >= 0.6 is 0 Å². The smallest absolute Gasteiger partial charge is 0.481 e. The molecule has 0 aromatic carbocycles. The van der Waals surface area contributed by atoms with Crippen LogP contribution in [0.2, 0.25) is 12.1 Å². The highest BCUT2D eigenvalue weighted by molar-refractivity contribution is 6.61. The number of carboxylic acids is 1. The number of aliphatic carboxylic acids is 1. The lowest BCUT2D eigenvalue weighted by atomic mass is 9.91. The molecule has 1 heterocycles. The molecule has 1 saturated heterocycles. The van der Waals surface area contributed by atoms with Gasteiger partial charge in [0, 0.05) is 63.8 Å². The highest BCUT2D eigenvalue weighted by Crippen LogP contribution is 2.43. The number of hydrogen-bond acceptors (Lipinski definition) is 8. The van der Waals surface area contributed by atoms with Gasteiger partial charge in [0.15, 0.2) is 0 Å². The second-order valence-corrected chi connectivity index (χ2v) is 13.7. The Morgan fingerprint density at radius 2 is 1.21 bits per heavy atom. The first-order chi connectivity index (χ1) is 15.7. The predicted octanol–water partition coefficient (Wildman–Crippen LogP) is 3.64. The Bertz CT molecular complexity index is 536. The molecule has 1 aliphatic heterocycles. The first kappa shape index (κ1) is 30.7. The third-order valence-electron chi connectivity index (χ3n) is 6.01. The molecule has 0 aliphatic carbocycles. The SMILES string of the molecule is CCO[Si](CCCN1CC1(C)C(CC[Si](OCC)(OCC)OCC)C(=O)O)(OCC)OCC. The number of rotatable bonds is 21. The summed E-state index contributed by atoms with van der Waals surface area (Å²) in [7, 11) is -5.57. The van der Waals surface area contributed by atoms with Crippen molar-refractivity contribution in [2.75, 3.05) is 52.7 Å². The molecule has 0 bridgehead atoms. The van der Waals surface area contributed by atoms with Gasteiger partial charge in [-0.15, -0.1) is 0 Å². The zero-order valence-electron chi connectivity index (χ0n) is 21.8. The number of nitrogens with zero attached hydrogens (tertiary/aromatic N) is 1. The molecule has 0 saturated carbocycles. The Balaban J connectivity index is 2.77. The summed E-state index contributed by atoms with van der Waals surface area (Å²) in [6.07, 6.45) is 1.30. The van der Waals surface area contributed by atoms with Gasteiger partial charge in [-0.2, -0.15) is 0 Å². The second kappa shape index (κ2) is 14.9. The van der Waals surface area contributed by atoms with Crippen LogP contribution in [0.5, 0.6) is 0 Å². The van der Waals surface area contributed by atoms with E-state index in [0.717, 1.165) is 25.6 Å². The van der Waals surface area contributed by atoms with Gasteiger partial charge in [0.05, 0.1) is 5.92 Å². The molecular weight excluding hydrogens is 462 g/mol. The van der Waals surface area contributed by atoms with E-state index in [1.165, 1.54) is 0 Å². The van der Waals surface area contributed by atoms with E-state index in [1.54, 1.807) is 0 Å². The van der Waals surface area contributed by atoms with Crippen LogP contribution in [-0.2, 0) is 31.4 Å². The molecular formula is C22H47NO8Si2. The number of hydrogen-bond donors (Lipinski definition) is 1. The average Bonchev–Trinajstić information content (AvgIpc) is 3.39. The standard InChI is InChI=1S/C22H47NO8Si2/c1-8-26-32(27-9-2,28-10-3)17-14-16-23-19-22(23,7)20(21(24)25)15-18-33(29-11-4,30-12-5)31-13-6/h20H,8-19H2,1-7H3,(H,24,25). The maximum atomic E-state index is 12.2. The molecule has 0 amide bonds. The van der Waals surface area contributed by atoms with Gasteiger partial charge in [-0.05, 0) is 67.9 Å². The molecule has 33 heavy (non-hydrogen) atoms. The lowest BCUT2D eigenvalue weighted by Crippen LogP contribution is -2.47. The van der Waals surface area contributed by atoms with Crippen molar-refractivity contribution in [1.82, 2.24) is 4.90 Å². The van der Waals surface area contributed by atoms with Crippen molar-refractivity contribution in [2.45, 2.75) is 78.9 Å². The van der Waals surface area contributed by atoms with Gasteiger partial charge in [0.1, 0.15) is 0 Å². The molecule has 0 spiro atoms. The molecule has 0 aromatic rings. The molecule has 3 atom stereocenters. The Kier molecular flexibility index (Phi) is 13.8. The molecule has 1 N–H and O–H groups in total. The minimum Gasteiger partial charge on any atom is -0.481 e. The summed E-state index contributed by atoms with van der Waals surface area (Å²) in [5.74, 6) is -1.30. The zero-order valence-corrected chi connectivity index (χ0v) is 23.8. The summed E-state index contributed by atoms with van der Waals surface area (Å²) in [6, 6.07) is 1.22. The van der Waals surface area contributed by atoms with Crippen LogP contribution in [-0.4, -0.2) is 91.9 Å². The zero-order chi connectivity index (χ0) is 25.0. The van der Waals surface area contributed by atoms with Crippen molar-refractivity contribution in [3.05, 3.63) is 0 Å². The molecule has 11 heteroatoms. The largest absolute Gasteiger partial charge is 0.500 e. The van der Waals surface area contributed by atoms with Gasteiger partial charge >= 0.3 is 23.6 Å². The molecule has 3 unspecified atom stereocenters. The summed E-state index contributed by atoms with van der Waals surface area (Å²) >= 11 is 0. The van der Waals surface area contributed by atoms with Crippen LogP contribution in [0.3, 0.4) is 0 Å². The first-order valence-electron chi connectivity index (χ1n) is 12.5. The van der Waals surface area contributed by atoms with Crippen LogP contribution in [0, 0.1) is 5.92 Å². The number of carboxylic acid groups (broad SMARTS) is 1. The van der Waals surface area contributed by atoms with Gasteiger partial charge < -0.3 is 31.7 Å². The topological polar surface area (TPSA) is 95.7 Å². The van der Waals surface area contributed by atoms with Crippen molar-refractivity contribution in [2.24, 2.45) is 5.92 Å². The van der Waals surface area contributed by atoms with Crippen LogP contribution in [0.25, 0.3) is 0 Å². The van der Waals surface area contributed by atoms with Crippen molar-refractivity contribution >= 4 is 23.6 Å². The van der Waals surface area contributed by atoms with E-state index in [-0.39, 0.29) is 5.54 Å². The second-order valence-electron chi connectivity index (χ2n) is 8.28. The van der Waals surface area contributed by atoms with Crippen LogP contribution in [0.4, 0.5) is 0 Å². The maximum absolute atomic E-state index is 12.2.